The summed E-state index contributed by atoms with van der Waals surface area (Å²) in [4.78, 5) is 3.42. The minimum absolute atomic E-state index is 0.116. The Balaban J connectivity index is 1.77. The van der Waals surface area contributed by atoms with Crippen LogP contribution in [0.15, 0.2) is 36.7 Å². The molecule has 1 aromatic rings. The Morgan fingerprint density at radius 1 is 1.25 bits per heavy atom. The second kappa shape index (κ2) is 8.80. The first-order valence-electron chi connectivity index (χ1n) is 8.18. The number of aliphatic hydroxyl groups excluding tert-OH is 2. The molecule has 12 heteroatoms. The Bertz CT molecular complexity index is 789. The molecule has 0 unspecified atom stereocenters. The second-order valence-electron chi connectivity index (χ2n) is 6.02. The van der Waals surface area contributed by atoms with E-state index < -0.39 is 63.4 Å². The summed E-state index contributed by atoms with van der Waals surface area (Å²) in [6, 6.07) is 3.16. The Morgan fingerprint density at radius 2 is 2.04 bits per heavy atom. The van der Waals surface area contributed by atoms with Gasteiger partial charge in [0, 0.05) is 33.2 Å². The van der Waals surface area contributed by atoms with Gasteiger partial charge in [0.2, 0.25) is 11.8 Å². The highest BCUT2D eigenvalue weighted by Gasteiger charge is 2.45. The van der Waals surface area contributed by atoms with Crippen molar-refractivity contribution in [3.8, 4) is 5.88 Å². The highest BCUT2D eigenvalue weighted by molar-refractivity contribution is 14.2. The summed E-state index contributed by atoms with van der Waals surface area (Å²) >= 11 is -0.468. The molecule has 3 heterocycles. The van der Waals surface area contributed by atoms with Gasteiger partial charge in [-0.15, -0.1) is 8.36 Å². The van der Waals surface area contributed by atoms with Crippen molar-refractivity contribution in [3.63, 3.8) is 0 Å². The summed E-state index contributed by atoms with van der Waals surface area (Å²) in [6.07, 6.45) is -8.54. The van der Waals surface area contributed by atoms with Crippen LogP contribution in [0.3, 0.4) is 0 Å². The molecule has 1 saturated heterocycles. The van der Waals surface area contributed by atoms with Gasteiger partial charge in [0.1, 0.15) is 30.6 Å². The molecule has 8 nitrogen and oxygen atoms in total. The van der Waals surface area contributed by atoms with Crippen molar-refractivity contribution in [3.05, 3.63) is 34.1 Å². The van der Waals surface area contributed by atoms with Crippen molar-refractivity contribution in [2.45, 2.75) is 43.6 Å². The van der Waals surface area contributed by atoms with Crippen LogP contribution in [0.5, 0.6) is 5.88 Å². The highest BCUT2D eigenvalue weighted by atomic mass is 127. The number of halogens is 4. The fourth-order valence-electron chi connectivity index (χ4n) is 2.63. The van der Waals surface area contributed by atoms with Gasteiger partial charge in [-0.1, -0.05) is 6.07 Å². The molecule has 0 bridgehead atoms. The molecule has 0 radical (unpaired) electrons. The summed E-state index contributed by atoms with van der Waals surface area (Å²) in [7, 11) is 0. The first kappa shape index (κ1) is 21.1. The van der Waals surface area contributed by atoms with Crippen molar-refractivity contribution in [1.82, 2.24) is 4.98 Å². The average molecular weight is 515 g/mol. The monoisotopic (exact) mass is 515 g/mol. The molecule has 2 aliphatic rings. The normalized spacial score (nSPS) is 30.4. The lowest BCUT2D eigenvalue weighted by atomic mass is 9.96. The van der Waals surface area contributed by atoms with Crippen LogP contribution in [0.4, 0.5) is 13.2 Å². The number of rotatable bonds is 4. The standard InChI is InChI=1S/C16H17F3IN3O5/c1-8-13(24)14(25)15(9(27-8)7-26-12-5-6-20-23-22-12)28-11-4-2-3-10(21-11)16(17,18)19/h2-6,8-9,13-15,24-25H,7H2,1H3/t8-,9-,13+,14+,15+/m1/s1. The van der Waals surface area contributed by atoms with Crippen molar-refractivity contribution >= 4 is 26.9 Å². The zero-order chi connectivity index (χ0) is 20.3. The van der Waals surface area contributed by atoms with Crippen LogP contribution in [0, 0.1) is 0 Å². The van der Waals surface area contributed by atoms with Gasteiger partial charge >= 0.3 is 6.18 Å². The fourth-order valence-corrected chi connectivity index (χ4v) is 3.58. The third kappa shape index (κ3) is 5.04. The smallest absolute Gasteiger partial charge is 0.433 e. The summed E-state index contributed by atoms with van der Waals surface area (Å²) in [5.74, 6) is -0.109. The highest BCUT2D eigenvalue weighted by Crippen LogP contribution is 2.30. The summed E-state index contributed by atoms with van der Waals surface area (Å²) in [6.45, 7) is 1.44. The lowest BCUT2D eigenvalue weighted by molar-refractivity contribution is -0.217. The van der Waals surface area contributed by atoms with Crippen LogP contribution in [-0.2, 0) is 15.7 Å². The van der Waals surface area contributed by atoms with Crippen molar-refractivity contribution in [2.24, 2.45) is 8.36 Å². The molecule has 1 fully saturated rings. The van der Waals surface area contributed by atoms with E-state index in [1.807, 2.05) is 4.08 Å². The van der Waals surface area contributed by atoms with Gasteiger partial charge in [0.15, 0.2) is 6.10 Å². The quantitative estimate of drug-likeness (QED) is 0.597. The molecule has 3 rings (SSSR count). The van der Waals surface area contributed by atoms with Gasteiger partial charge in [0.05, 0.1) is 6.10 Å². The molecular formula is C16H17F3IN3O5. The maximum absolute atomic E-state index is 12.9. The zero-order valence-electron chi connectivity index (χ0n) is 14.5. The molecule has 0 spiro atoms. The molecule has 5 atom stereocenters. The van der Waals surface area contributed by atoms with Crippen LogP contribution in [0.2, 0.25) is 0 Å². The molecule has 0 amide bonds. The molecule has 0 aromatic carbocycles. The average Bonchev–Trinajstić information content (AvgIpc) is 2.67. The minimum atomic E-state index is -4.64. The third-order valence-electron chi connectivity index (χ3n) is 4.03. The summed E-state index contributed by atoms with van der Waals surface area (Å²) in [5.41, 5.74) is -1.13. The molecule has 2 N–H and O–H groups in total. The zero-order valence-corrected chi connectivity index (χ0v) is 16.6. The Morgan fingerprint density at radius 3 is 2.71 bits per heavy atom. The van der Waals surface area contributed by atoms with E-state index in [4.69, 9.17) is 14.2 Å². The first-order chi connectivity index (χ1) is 13.3. The van der Waals surface area contributed by atoms with Crippen LogP contribution in [0.25, 0.3) is 0 Å². The minimum Gasteiger partial charge on any atom is -0.474 e. The van der Waals surface area contributed by atoms with Gasteiger partial charge in [0.25, 0.3) is 0 Å². The number of nitrogens with zero attached hydrogens (tertiary/aromatic N) is 3. The number of aliphatic hydroxyl groups is 2. The van der Waals surface area contributed by atoms with Gasteiger partial charge in [-0.05, 0) is 17.1 Å². The largest absolute Gasteiger partial charge is 0.474 e. The van der Waals surface area contributed by atoms with Crippen LogP contribution >= 0.6 is 21.0 Å². The second-order valence-corrected chi connectivity index (χ2v) is 7.72. The maximum Gasteiger partial charge on any atom is 0.433 e. The number of hydrogen-bond acceptors (Lipinski definition) is 8. The first-order valence-corrected chi connectivity index (χ1v) is 10.4. The van der Waals surface area contributed by atoms with E-state index >= 15 is 0 Å². The third-order valence-corrected chi connectivity index (χ3v) is 5.18. The fraction of sp³-hybridized carbons (Fsp3) is 0.500. The molecular weight excluding hydrogens is 498 g/mol. The maximum atomic E-state index is 12.9. The molecule has 0 saturated carbocycles. The summed E-state index contributed by atoms with van der Waals surface area (Å²) in [5, 5.41) is 24.3. The van der Waals surface area contributed by atoms with Gasteiger partial charge in [-0.3, -0.25) is 0 Å². The summed E-state index contributed by atoms with van der Waals surface area (Å²) < 4.78 is 60.9. The topological polar surface area (TPSA) is 106 Å². The van der Waals surface area contributed by atoms with Crippen LogP contribution < -0.4 is 4.74 Å². The Kier molecular flexibility index (Phi) is 6.62. The SMILES string of the molecule is C[C@H]1O[C@H](COC2=NN=IC=C2)[C@H](Oc2cccc(C(F)(F)F)n2)[C@@H](O)[C@H]1O. The number of ether oxygens (including phenoxy) is 3. The lowest BCUT2D eigenvalue weighted by Gasteiger charge is -2.41. The van der Waals surface area contributed by atoms with Crippen molar-refractivity contribution < 1.29 is 37.6 Å². The van der Waals surface area contributed by atoms with Crippen molar-refractivity contribution in [1.29, 1.82) is 0 Å². The predicted molar refractivity (Wildman–Crippen MR) is 99.0 cm³/mol. The molecule has 28 heavy (non-hydrogen) atoms. The number of aromatic nitrogens is 1. The molecule has 2 aliphatic heterocycles. The van der Waals surface area contributed by atoms with Crippen LogP contribution in [-0.4, -0.2) is 58.2 Å². The van der Waals surface area contributed by atoms with E-state index in [1.165, 1.54) is 6.07 Å². The van der Waals surface area contributed by atoms with E-state index in [1.54, 1.807) is 13.0 Å². The van der Waals surface area contributed by atoms with E-state index in [-0.39, 0.29) is 18.4 Å². The van der Waals surface area contributed by atoms with E-state index in [0.29, 0.717) is 0 Å². The Labute approximate surface area is 168 Å². The van der Waals surface area contributed by atoms with E-state index in [0.717, 1.165) is 12.1 Å². The number of pyridine rings is 1. The van der Waals surface area contributed by atoms with Gasteiger partial charge < -0.3 is 24.4 Å². The number of alkyl halides is 3. The van der Waals surface area contributed by atoms with Crippen LogP contribution in [0.1, 0.15) is 12.6 Å². The van der Waals surface area contributed by atoms with E-state index in [2.05, 4.69) is 13.3 Å². The number of hydrogen-bond donors (Lipinski definition) is 2. The van der Waals surface area contributed by atoms with Gasteiger partial charge in [-0.25, -0.2) is 4.98 Å². The molecule has 0 aliphatic carbocycles. The molecule has 154 valence electrons. The lowest BCUT2D eigenvalue weighted by Crippen LogP contribution is -2.60. The predicted octanol–water partition coefficient (Wildman–Crippen LogP) is 2.37. The molecule has 1 aromatic heterocycles. The van der Waals surface area contributed by atoms with Crippen molar-refractivity contribution in [2.75, 3.05) is 6.61 Å². The van der Waals surface area contributed by atoms with Gasteiger partial charge in [-0.2, -0.15) is 13.2 Å². The van der Waals surface area contributed by atoms with E-state index in [9.17, 15) is 23.4 Å². The Hall–Kier alpha value is -1.64.